The summed E-state index contributed by atoms with van der Waals surface area (Å²) < 4.78 is 6.38. The second-order valence-corrected chi connectivity index (χ2v) is 13.8. The number of anilines is 3. The van der Waals surface area contributed by atoms with Crippen molar-refractivity contribution in [2.24, 2.45) is 0 Å². The molecule has 0 amide bonds. The molecule has 2 nitrogen and oxygen atoms in total. The zero-order chi connectivity index (χ0) is 35.8. The Kier molecular flexibility index (Phi) is 7.85. The molecule has 0 N–H and O–H groups in total. The zero-order valence-corrected chi connectivity index (χ0v) is 29.6. The lowest BCUT2D eigenvalue weighted by Gasteiger charge is -2.27. The molecule has 0 saturated carbocycles. The average Bonchev–Trinajstić information content (AvgIpc) is 3.64. The molecular formula is C52H35NO. The van der Waals surface area contributed by atoms with Crippen LogP contribution < -0.4 is 4.90 Å². The molecule has 0 atom stereocenters. The van der Waals surface area contributed by atoms with E-state index in [0.29, 0.717) is 0 Å². The molecule has 1 aromatic heterocycles. The fraction of sp³-hybridized carbons (Fsp3) is 0. The van der Waals surface area contributed by atoms with E-state index in [4.69, 9.17) is 4.42 Å². The molecule has 0 aliphatic rings. The Balaban J connectivity index is 1.06. The standard InChI is InChI=1S/C52H35NO/c1-2-11-36(12-3-1)38-23-25-39(26-24-38)44-17-9-18-47(35-44)53(49-20-10-22-51-52(49)48-19-6-7-21-50(48)54-51)46-31-29-40(30-32-46)42-15-8-16-43(33-42)45-28-27-37-13-4-5-14-41(37)34-45/h1-35H. The topological polar surface area (TPSA) is 16.4 Å². The Labute approximate surface area is 314 Å². The number of para-hydroxylation sites is 1. The lowest BCUT2D eigenvalue weighted by atomic mass is 9.97. The maximum Gasteiger partial charge on any atom is 0.137 e. The summed E-state index contributed by atoms with van der Waals surface area (Å²) in [5.74, 6) is 0. The summed E-state index contributed by atoms with van der Waals surface area (Å²) in [5, 5.41) is 4.70. The Morgan fingerprint density at radius 3 is 1.61 bits per heavy atom. The summed E-state index contributed by atoms with van der Waals surface area (Å²) in [7, 11) is 0. The van der Waals surface area contributed by atoms with Crippen LogP contribution in [0, 0.1) is 0 Å². The van der Waals surface area contributed by atoms with Crippen LogP contribution in [-0.2, 0) is 0 Å². The minimum Gasteiger partial charge on any atom is -0.456 e. The lowest BCUT2D eigenvalue weighted by molar-refractivity contribution is 0.669. The van der Waals surface area contributed by atoms with E-state index < -0.39 is 0 Å². The van der Waals surface area contributed by atoms with Crippen molar-refractivity contribution < 1.29 is 4.42 Å². The third kappa shape index (κ3) is 5.81. The van der Waals surface area contributed by atoms with Gasteiger partial charge in [0.1, 0.15) is 11.2 Å². The van der Waals surface area contributed by atoms with Gasteiger partial charge in [0.25, 0.3) is 0 Å². The van der Waals surface area contributed by atoms with E-state index in [9.17, 15) is 0 Å². The molecule has 54 heavy (non-hydrogen) atoms. The van der Waals surface area contributed by atoms with Crippen molar-refractivity contribution in [1.29, 1.82) is 0 Å². The van der Waals surface area contributed by atoms with E-state index >= 15 is 0 Å². The van der Waals surface area contributed by atoms with Crippen LogP contribution in [0.1, 0.15) is 0 Å². The molecule has 2 heteroatoms. The van der Waals surface area contributed by atoms with Gasteiger partial charge in [-0.25, -0.2) is 0 Å². The van der Waals surface area contributed by atoms with Crippen molar-refractivity contribution in [3.8, 4) is 44.5 Å². The van der Waals surface area contributed by atoms with Crippen LogP contribution >= 0.6 is 0 Å². The van der Waals surface area contributed by atoms with E-state index in [1.54, 1.807) is 0 Å². The number of rotatable bonds is 7. The van der Waals surface area contributed by atoms with Gasteiger partial charge in [0.2, 0.25) is 0 Å². The molecule has 0 fully saturated rings. The summed E-state index contributed by atoms with van der Waals surface area (Å²) in [6.07, 6.45) is 0. The summed E-state index contributed by atoms with van der Waals surface area (Å²) in [4.78, 5) is 2.36. The van der Waals surface area contributed by atoms with Gasteiger partial charge >= 0.3 is 0 Å². The van der Waals surface area contributed by atoms with Crippen LogP contribution in [0.3, 0.4) is 0 Å². The normalized spacial score (nSPS) is 11.3. The van der Waals surface area contributed by atoms with Crippen molar-refractivity contribution in [3.05, 3.63) is 212 Å². The molecule has 0 spiro atoms. The maximum atomic E-state index is 6.38. The van der Waals surface area contributed by atoms with Crippen molar-refractivity contribution in [1.82, 2.24) is 0 Å². The van der Waals surface area contributed by atoms with Gasteiger partial charge in [0.15, 0.2) is 0 Å². The first-order valence-electron chi connectivity index (χ1n) is 18.4. The third-order valence-electron chi connectivity index (χ3n) is 10.5. The van der Waals surface area contributed by atoms with Crippen molar-refractivity contribution in [2.75, 3.05) is 4.90 Å². The van der Waals surface area contributed by atoms with E-state index in [0.717, 1.165) is 44.6 Å². The Bertz CT molecular complexity index is 2920. The lowest BCUT2D eigenvalue weighted by Crippen LogP contribution is -2.10. The quantitative estimate of drug-likeness (QED) is 0.166. The van der Waals surface area contributed by atoms with Crippen LogP contribution in [0.15, 0.2) is 217 Å². The molecule has 254 valence electrons. The van der Waals surface area contributed by atoms with E-state index in [2.05, 4.69) is 205 Å². The fourth-order valence-electron chi connectivity index (χ4n) is 7.73. The van der Waals surface area contributed by atoms with Crippen LogP contribution in [-0.4, -0.2) is 0 Å². The van der Waals surface area contributed by atoms with Gasteiger partial charge in [0, 0.05) is 16.8 Å². The molecule has 0 aliphatic carbocycles. The second kappa shape index (κ2) is 13.4. The predicted octanol–water partition coefficient (Wildman–Crippen LogP) is 14.9. The monoisotopic (exact) mass is 689 g/mol. The first-order valence-corrected chi connectivity index (χ1v) is 18.4. The molecule has 0 aliphatic heterocycles. The first-order chi connectivity index (χ1) is 26.7. The molecule has 9 aromatic carbocycles. The third-order valence-corrected chi connectivity index (χ3v) is 10.5. The number of nitrogens with zero attached hydrogens (tertiary/aromatic N) is 1. The highest BCUT2D eigenvalue weighted by molar-refractivity contribution is 6.13. The number of fused-ring (bicyclic) bond motifs is 4. The number of furan rings is 1. The van der Waals surface area contributed by atoms with Crippen LogP contribution in [0.2, 0.25) is 0 Å². The molecule has 10 aromatic rings. The Hall–Kier alpha value is -7.16. The van der Waals surface area contributed by atoms with Crippen molar-refractivity contribution >= 4 is 49.8 Å². The Morgan fingerprint density at radius 1 is 0.296 bits per heavy atom. The first kappa shape index (κ1) is 31.6. The summed E-state index contributed by atoms with van der Waals surface area (Å²) in [5.41, 5.74) is 14.5. The van der Waals surface area contributed by atoms with Gasteiger partial charge in [-0.15, -0.1) is 0 Å². The highest BCUT2D eigenvalue weighted by atomic mass is 16.3. The Morgan fingerprint density at radius 2 is 0.815 bits per heavy atom. The average molecular weight is 690 g/mol. The summed E-state index contributed by atoms with van der Waals surface area (Å²) in [6, 6.07) is 75.9. The molecular weight excluding hydrogens is 655 g/mol. The minimum atomic E-state index is 0.869. The van der Waals surface area contributed by atoms with Gasteiger partial charge in [-0.05, 0) is 110 Å². The molecule has 10 rings (SSSR count). The largest absolute Gasteiger partial charge is 0.456 e. The second-order valence-electron chi connectivity index (χ2n) is 13.8. The smallest absolute Gasteiger partial charge is 0.137 e. The number of hydrogen-bond acceptors (Lipinski definition) is 2. The number of benzene rings is 9. The van der Waals surface area contributed by atoms with E-state index in [1.165, 1.54) is 49.7 Å². The summed E-state index contributed by atoms with van der Waals surface area (Å²) >= 11 is 0. The van der Waals surface area contributed by atoms with E-state index in [1.807, 2.05) is 12.1 Å². The van der Waals surface area contributed by atoms with E-state index in [-0.39, 0.29) is 0 Å². The van der Waals surface area contributed by atoms with Crippen molar-refractivity contribution in [3.63, 3.8) is 0 Å². The van der Waals surface area contributed by atoms with Gasteiger partial charge in [-0.3, -0.25) is 0 Å². The minimum absolute atomic E-state index is 0.869. The molecule has 0 radical (unpaired) electrons. The number of hydrogen-bond donors (Lipinski definition) is 0. The zero-order valence-electron chi connectivity index (χ0n) is 29.6. The van der Waals surface area contributed by atoms with Gasteiger partial charge < -0.3 is 9.32 Å². The SMILES string of the molecule is c1ccc(-c2ccc(-c3cccc(N(c4ccc(-c5cccc(-c6ccc7ccccc7c6)c5)cc4)c4cccc5oc6ccccc6c45)c3)cc2)cc1. The molecule has 0 saturated heterocycles. The molecule has 0 bridgehead atoms. The molecule has 1 heterocycles. The predicted molar refractivity (Wildman–Crippen MR) is 228 cm³/mol. The molecule has 0 unspecified atom stereocenters. The highest BCUT2D eigenvalue weighted by Crippen LogP contribution is 2.44. The van der Waals surface area contributed by atoms with Crippen LogP contribution in [0.5, 0.6) is 0 Å². The van der Waals surface area contributed by atoms with Gasteiger partial charge in [-0.2, -0.15) is 0 Å². The van der Waals surface area contributed by atoms with Gasteiger partial charge in [0.05, 0.1) is 11.1 Å². The van der Waals surface area contributed by atoms with Crippen LogP contribution in [0.25, 0.3) is 77.2 Å². The highest BCUT2D eigenvalue weighted by Gasteiger charge is 2.20. The fourth-order valence-corrected chi connectivity index (χ4v) is 7.73. The van der Waals surface area contributed by atoms with Crippen molar-refractivity contribution in [2.45, 2.75) is 0 Å². The maximum absolute atomic E-state index is 6.38. The van der Waals surface area contributed by atoms with Crippen LogP contribution in [0.4, 0.5) is 17.1 Å². The summed E-state index contributed by atoms with van der Waals surface area (Å²) in [6.45, 7) is 0. The van der Waals surface area contributed by atoms with Gasteiger partial charge in [-0.1, -0.05) is 158 Å².